The number of carbonyl (C=O) groups is 2. The number of benzene rings is 1. The largest absolute Gasteiger partial charge is 0.496 e. The van der Waals surface area contributed by atoms with Gasteiger partial charge in [-0.3, -0.25) is 9.59 Å². The minimum absolute atomic E-state index is 0. The predicted molar refractivity (Wildman–Crippen MR) is 93.0 cm³/mol. The Bertz CT molecular complexity index is 749. The van der Waals surface area contributed by atoms with Crippen LogP contribution in [0.3, 0.4) is 0 Å². The lowest BCUT2D eigenvalue weighted by atomic mass is 10.1. The first-order chi connectivity index (χ1) is 11.1. The molecule has 3 rings (SSSR count). The Kier molecular flexibility index (Phi) is 5.80. The van der Waals surface area contributed by atoms with Crippen molar-refractivity contribution < 1.29 is 19.4 Å². The minimum atomic E-state index is -0.853. The Hall–Kier alpha value is -2.12. The van der Waals surface area contributed by atoms with Gasteiger partial charge >= 0.3 is 5.97 Å². The molecule has 0 radical (unpaired) electrons. The third kappa shape index (κ3) is 3.52. The number of nitrogens with zero attached hydrogens (tertiary/aromatic N) is 2. The van der Waals surface area contributed by atoms with Crippen LogP contribution in [0.2, 0.25) is 0 Å². The molecule has 1 aromatic carbocycles. The van der Waals surface area contributed by atoms with Gasteiger partial charge in [-0.1, -0.05) is 12.1 Å². The van der Waals surface area contributed by atoms with Crippen molar-refractivity contribution >= 4 is 35.6 Å². The fraction of sp³-hybridized carbons (Fsp3) is 0.312. The first kappa shape index (κ1) is 18.2. The van der Waals surface area contributed by atoms with Crippen molar-refractivity contribution in [3.05, 3.63) is 35.3 Å². The summed E-state index contributed by atoms with van der Waals surface area (Å²) in [5.41, 5.74) is 1.19. The van der Waals surface area contributed by atoms with E-state index >= 15 is 0 Å². The highest BCUT2D eigenvalue weighted by Gasteiger charge is 2.32. The van der Waals surface area contributed by atoms with Gasteiger partial charge in [0.05, 0.1) is 18.6 Å². The fourth-order valence-corrected chi connectivity index (χ4v) is 3.45. The van der Waals surface area contributed by atoms with Crippen LogP contribution in [0.25, 0.3) is 10.6 Å². The Labute approximate surface area is 149 Å². The van der Waals surface area contributed by atoms with Crippen molar-refractivity contribution in [1.82, 2.24) is 9.88 Å². The number of para-hydroxylation sites is 1. The molecule has 1 unspecified atom stereocenters. The van der Waals surface area contributed by atoms with E-state index in [0.717, 1.165) is 5.56 Å². The fourth-order valence-electron chi connectivity index (χ4n) is 2.63. The first-order valence-electron chi connectivity index (χ1n) is 7.21. The molecule has 1 aliphatic rings. The van der Waals surface area contributed by atoms with Crippen molar-refractivity contribution in [2.24, 2.45) is 5.92 Å². The van der Waals surface area contributed by atoms with Crippen LogP contribution < -0.4 is 4.74 Å². The zero-order chi connectivity index (χ0) is 16.4. The second-order valence-corrected chi connectivity index (χ2v) is 6.17. The molecule has 6 nitrogen and oxygen atoms in total. The summed E-state index contributed by atoms with van der Waals surface area (Å²) in [4.78, 5) is 29.4. The van der Waals surface area contributed by atoms with Crippen molar-refractivity contribution in [3.8, 4) is 16.3 Å². The number of carbonyl (C=O) groups excluding carboxylic acids is 1. The maximum atomic E-state index is 12.5. The number of aliphatic carboxylic acids is 1. The number of likely N-dealkylation sites (tertiary alicyclic amines) is 1. The number of ether oxygens (including phenoxy) is 1. The molecule has 1 aromatic heterocycles. The standard InChI is InChI=1S/C16H16N2O4S.ClH/c1-22-13-5-3-2-4-11(13)14-17-12(9-23-14)15(19)18-7-6-10(8-18)16(20)21;/h2-5,9-10H,6-8H2,1H3,(H,20,21);1H. The SMILES string of the molecule is COc1ccccc1-c1nc(C(=O)N2CCC(C(=O)O)C2)cs1.Cl. The number of aromatic nitrogens is 1. The van der Waals surface area contributed by atoms with Crippen molar-refractivity contribution in [3.63, 3.8) is 0 Å². The van der Waals surface area contributed by atoms with Crippen LogP contribution in [0.4, 0.5) is 0 Å². The Morgan fingerprint density at radius 3 is 2.79 bits per heavy atom. The normalized spacial score (nSPS) is 16.5. The minimum Gasteiger partial charge on any atom is -0.496 e. The Morgan fingerprint density at radius 1 is 1.38 bits per heavy atom. The number of carboxylic acid groups (broad SMARTS) is 1. The van der Waals surface area contributed by atoms with Crippen molar-refractivity contribution in [2.45, 2.75) is 6.42 Å². The maximum Gasteiger partial charge on any atom is 0.308 e. The van der Waals surface area contributed by atoms with Gasteiger partial charge in [-0.2, -0.15) is 0 Å². The van der Waals surface area contributed by atoms with E-state index < -0.39 is 11.9 Å². The lowest BCUT2D eigenvalue weighted by Crippen LogP contribution is -2.30. The van der Waals surface area contributed by atoms with E-state index in [1.165, 1.54) is 11.3 Å². The molecule has 2 aromatic rings. The van der Waals surface area contributed by atoms with E-state index in [-0.39, 0.29) is 24.9 Å². The van der Waals surface area contributed by atoms with Crippen LogP contribution in [-0.4, -0.2) is 47.1 Å². The average Bonchev–Trinajstić information content (AvgIpc) is 3.23. The number of rotatable bonds is 4. The number of thiazole rings is 1. The summed E-state index contributed by atoms with van der Waals surface area (Å²) in [6.45, 7) is 0.701. The molecule has 1 atom stereocenters. The summed E-state index contributed by atoms with van der Waals surface area (Å²) in [6, 6.07) is 7.50. The van der Waals surface area contributed by atoms with Crippen LogP contribution >= 0.6 is 23.7 Å². The molecule has 0 spiro atoms. The zero-order valence-electron chi connectivity index (χ0n) is 13.0. The quantitative estimate of drug-likeness (QED) is 0.897. The van der Waals surface area contributed by atoms with Gasteiger partial charge in [-0.15, -0.1) is 23.7 Å². The van der Waals surface area contributed by atoms with Crippen LogP contribution in [0.5, 0.6) is 5.75 Å². The van der Waals surface area contributed by atoms with Gasteiger partial charge in [-0.05, 0) is 18.6 Å². The number of hydrogen-bond acceptors (Lipinski definition) is 5. The van der Waals surface area contributed by atoms with Crippen LogP contribution in [0, 0.1) is 5.92 Å². The van der Waals surface area contributed by atoms with E-state index in [9.17, 15) is 9.59 Å². The lowest BCUT2D eigenvalue weighted by molar-refractivity contribution is -0.141. The van der Waals surface area contributed by atoms with E-state index in [2.05, 4.69) is 4.98 Å². The molecule has 2 heterocycles. The zero-order valence-corrected chi connectivity index (χ0v) is 14.6. The molecule has 1 saturated heterocycles. The average molecular weight is 369 g/mol. The molecular weight excluding hydrogens is 352 g/mol. The van der Waals surface area contributed by atoms with E-state index in [4.69, 9.17) is 9.84 Å². The smallest absolute Gasteiger partial charge is 0.308 e. The molecule has 1 aliphatic heterocycles. The molecule has 128 valence electrons. The molecule has 0 saturated carbocycles. The molecule has 1 N–H and O–H groups in total. The number of carboxylic acids is 1. The van der Waals surface area contributed by atoms with Gasteiger partial charge in [0.1, 0.15) is 16.5 Å². The third-order valence-electron chi connectivity index (χ3n) is 3.89. The molecule has 1 amide bonds. The summed E-state index contributed by atoms with van der Waals surface area (Å²) >= 11 is 1.37. The number of methoxy groups -OCH3 is 1. The van der Waals surface area contributed by atoms with Gasteiger partial charge in [-0.25, -0.2) is 4.98 Å². The summed E-state index contributed by atoms with van der Waals surface area (Å²) in [5.74, 6) is -0.848. The van der Waals surface area contributed by atoms with E-state index in [1.54, 1.807) is 17.4 Å². The number of amides is 1. The summed E-state index contributed by atoms with van der Waals surface area (Å²) < 4.78 is 5.32. The predicted octanol–water partition coefficient (Wildman–Crippen LogP) is 2.79. The topological polar surface area (TPSA) is 79.7 Å². The van der Waals surface area contributed by atoms with Gasteiger partial charge in [0.2, 0.25) is 0 Å². The van der Waals surface area contributed by atoms with E-state index in [0.29, 0.717) is 29.4 Å². The lowest BCUT2D eigenvalue weighted by Gasteiger charge is -2.13. The van der Waals surface area contributed by atoms with Gasteiger partial charge < -0.3 is 14.7 Å². The van der Waals surface area contributed by atoms with Gasteiger partial charge in [0, 0.05) is 18.5 Å². The number of halogens is 1. The second kappa shape index (κ2) is 7.63. The van der Waals surface area contributed by atoms with Gasteiger partial charge in [0.15, 0.2) is 0 Å². The molecule has 24 heavy (non-hydrogen) atoms. The molecular formula is C16H17ClN2O4S. The summed E-state index contributed by atoms with van der Waals surface area (Å²) in [5, 5.41) is 11.4. The highest BCUT2D eigenvalue weighted by Crippen LogP contribution is 2.32. The molecule has 8 heteroatoms. The van der Waals surface area contributed by atoms with Crippen molar-refractivity contribution in [2.75, 3.05) is 20.2 Å². The van der Waals surface area contributed by atoms with Crippen LogP contribution in [-0.2, 0) is 4.79 Å². The molecule has 1 fully saturated rings. The molecule has 0 bridgehead atoms. The van der Waals surface area contributed by atoms with E-state index in [1.807, 2.05) is 24.3 Å². The van der Waals surface area contributed by atoms with Crippen molar-refractivity contribution in [1.29, 1.82) is 0 Å². The highest BCUT2D eigenvalue weighted by molar-refractivity contribution is 7.13. The highest BCUT2D eigenvalue weighted by atomic mass is 35.5. The maximum absolute atomic E-state index is 12.5. The third-order valence-corrected chi connectivity index (χ3v) is 4.76. The molecule has 0 aliphatic carbocycles. The Balaban J connectivity index is 0.00000208. The van der Waals surface area contributed by atoms with Gasteiger partial charge in [0.25, 0.3) is 5.91 Å². The Morgan fingerprint density at radius 2 is 2.12 bits per heavy atom. The van der Waals surface area contributed by atoms with Crippen LogP contribution in [0.1, 0.15) is 16.9 Å². The summed E-state index contributed by atoms with van der Waals surface area (Å²) in [7, 11) is 1.59. The van der Waals surface area contributed by atoms with Crippen LogP contribution in [0.15, 0.2) is 29.6 Å². The monoisotopic (exact) mass is 368 g/mol. The second-order valence-electron chi connectivity index (χ2n) is 5.31. The first-order valence-corrected chi connectivity index (χ1v) is 8.09. The number of hydrogen-bond donors (Lipinski definition) is 1. The summed E-state index contributed by atoms with van der Waals surface area (Å²) in [6.07, 6.45) is 0.491.